The summed E-state index contributed by atoms with van der Waals surface area (Å²) in [7, 11) is 5.66. The van der Waals surface area contributed by atoms with Gasteiger partial charge in [-0.15, -0.1) is 0 Å². The molecule has 4 atom stereocenters. The lowest BCUT2D eigenvalue weighted by Crippen LogP contribution is -2.43. The van der Waals surface area contributed by atoms with E-state index in [4.69, 9.17) is 37.6 Å². The number of rotatable bonds is 13. The highest BCUT2D eigenvalue weighted by Gasteiger charge is 2.15. The summed E-state index contributed by atoms with van der Waals surface area (Å²) in [5, 5.41) is 44.3. The maximum Gasteiger partial charge on any atom is 0.320 e. The fourth-order valence-corrected chi connectivity index (χ4v) is 3.06. The molecule has 0 spiro atoms. The Hall–Kier alpha value is -3.10. The lowest BCUT2D eigenvalue weighted by atomic mass is 10.1. The van der Waals surface area contributed by atoms with Crippen LogP contribution in [-0.4, -0.2) is 101 Å². The molecule has 0 amide bonds. The van der Waals surface area contributed by atoms with Crippen molar-refractivity contribution in [3.8, 4) is 0 Å². The van der Waals surface area contributed by atoms with Crippen LogP contribution in [0.2, 0.25) is 0 Å². The molecule has 0 fully saturated rings. The van der Waals surface area contributed by atoms with Gasteiger partial charge < -0.3 is 52.0 Å². The molecule has 0 aliphatic rings. The number of carbonyl (C=O) groups is 4. The third-order valence-corrected chi connectivity index (χ3v) is 4.86. The maximum absolute atomic E-state index is 10.4. The Balaban J connectivity index is -0.000000474. The first-order chi connectivity index (χ1) is 18.6. The molecule has 13 heteroatoms. The van der Waals surface area contributed by atoms with E-state index < -0.39 is 48.1 Å². The number of carboxylic acids is 4. The lowest BCUT2D eigenvalue weighted by Gasteiger charge is -2.26. The molecule has 0 bridgehead atoms. The number of nitrogens with two attached hydrogens (primary N) is 3. The molecule has 1 aromatic rings. The molecule has 1 aromatic carbocycles. The van der Waals surface area contributed by atoms with Gasteiger partial charge in [0.05, 0.1) is 21.1 Å². The Morgan fingerprint density at radius 3 is 1.37 bits per heavy atom. The molecule has 10 N–H and O–H groups in total. The smallest absolute Gasteiger partial charge is 0.320 e. The number of hydrogen-bond acceptors (Lipinski definition) is 9. The Labute approximate surface area is 243 Å². The molecule has 13 nitrogen and oxygen atoms in total. The van der Waals surface area contributed by atoms with Crippen LogP contribution >= 0.6 is 0 Å². The van der Waals surface area contributed by atoms with Crippen molar-refractivity contribution >= 4 is 23.9 Å². The van der Waals surface area contributed by atoms with Crippen molar-refractivity contribution in [2.75, 3.05) is 27.7 Å². The molecule has 0 aliphatic heterocycles. The molecule has 0 aliphatic carbocycles. The maximum atomic E-state index is 10.4. The first kappa shape index (κ1) is 42.4. The van der Waals surface area contributed by atoms with Crippen LogP contribution in [0.4, 0.5) is 0 Å². The molecule has 0 saturated carbocycles. The number of carboxylic acid groups (broad SMARTS) is 4. The highest BCUT2D eigenvalue weighted by molar-refractivity contribution is 5.74. The zero-order valence-electron chi connectivity index (χ0n) is 25.4. The average Bonchev–Trinajstić information content (AvgIpc) is 2.78. The van der Waals surface area contributed by atoms with Gasteiger partial charge in [-0.25, -0.2) is 0 Å². The van der Waals surface area contributed by atoms with Gasteiger partial charge in [0.15, 0.2) is 0 Å². The lowest BCUT2D eigenvalue weighted by molar-refractivity contribution is -0.873. The number of aliphatic hydroxyl groups excluding tert-OH is 1. The van der Waals surface area contributed by atoms with Gasteiger partial charge in [0.2, 0.25) is 0 Å². The molecule has 41 heavy (non-hydrogen) atoms. The van der Waals surface area contributed by atoms with E-state index in [1.165, 1.54) is 0 Å². The molecular weight excluding hydrogens is 536 g/mol. The van der Waals surface area contributed by atoms with Crippen molar-refractivity contribution in [3.63, 3.8) is 0 Å². The number of benzene rings is 1. The van der Waals surface area contributed by atoms with Crippen LogP contribution < -0.4 is 22.3 Å². The number of quaternary nitrogens is 1. The van der Waals surface area contributed by atoms with Gasteiger partial charge in [0.25, 0.3) is 0 Å². The first-order valence-electron chi connectivity index (χ1n) is 13.3. The monoisotopic (exact) mass is 588 g/mol. The van der Waals surface area contributed by atoms with Gasteiger partial charge in [-0.1, -0.05) is 58.0 Å². The predicted molar refractivity (Wildman–Crippen MR) is 154 cm³/mol. The molecule has 1 rings (SSSR count). The topological polar surface area (TPSA) is 250 Å². The van der Waals surface area contributed by atoms with E-state index in [1.54, 1.807) is 0 Å². The normalized spacial score (nSPS) is 13.6. The molecule has 238 valence electrons. The molecule has 0 saturated heterocycles. The zero-order chi connectivity index (χ0) is 32.9. The fourth-order valence-electron chi connectivity index (χ4n) is 3.06. The van der Waals surface area contributed by atoms with E-state index in [2.05, 4.69) is 0 Å². The minimum atomic E-state index is -1.20. The fraction of sp³-hybridized carbons (Fsp3) is 0.643. The van der Waals surface area contributed by atoms with Crippen LogP contribution in [0.1, 0.15) is 52.5 Å². The molecule has 0 heterocycles. The molecule has 0 aromatic heterocycles. The summed E-state index contributed by atoms with van der Waals surface area (Å²) in [6.45, 7) is 8.21. The Morgan fingerprint density at radius 1 is 0.756 bits per heavy atom. The highest BCUT2D eigenvalue weighted by atomic mass is 16.4. The van der Waals surface area contributed by atoms with Crippen LogP contribution in [0, 0.1) is 11.8 Å². The van der Waals surface area contributed by atoms with Crippen molar-refractivity contribution < 1.29 is 49.2 Å². The number of nitrogens with zero attached hydrogens (tertiary/aromatic N) is 1. The van der Waals surface area contributed by atoms with E-state index in [9.17, 15) is 24.3 Å². The summed E-state index contributed by atoms with van der Waals surface area (Å²) >= 11 is 0. The van der Waals surface area contributed by atoms with Gasteiger partial charge >= 0.3 is 17.9 Å². The number of aliphatic hydroxyl groups is 1. The second-order valence-corrected chi connectivity index (χ2v) is 11.5. The van der Waals surface area contributed by atoms with Gasteiger partial charge in [-0.2, -0.15) is 0 Å². The van der Waals surface area contributed by atoms with Crippen molar-refractivity contribution in [2.45, 2.75) is 77.6 Å². The molecule has 1 unspecified atom stereocenters. The molecular formula is C28H52N4O9. The SMILES string of the molecule is CC(C)C[C@H](N)C(=O)O.CC(C)C[C@H](N)C(=O)O.C[N+](C)(C)CC(O)CC(=O)[O-].N[C@@H](Cc1ccccc1)C(=O)O. The highest BCUT2D eigenvalue weighted by Crippen LogP contribution is 2.03. The standard InChI is InChI=1S/C9H11NO2.C7H15NO3.2C6H13NO2/c10-8(9(11)12)6-7-4-2-1-3-5-7;1-8(2,3)5-6(9)4-7(10)11;2*1-4(2)3-5(7)6(8)9/h1-5,8H,6,10H2,(H,11,12);6,9H,4-5H2,1-3H3;2*4-5H,3,7H2,1-2H3,(H,8,9)/t8-;;2*5-/m0.00/s1. The first-order valence-corrected chi connectivity index (χ1v) is 13.3. The minimum Gasteiger partial charge on any atom is -0.550 e. The van der Waals surface area contributed by atoms with E-state index in [-0.39, 0.29) is 6.42 Å². The van der Waals surface area contributed by atoms with Gasteiger partial charge in [0.1, 0.15) is 30.8 Å². The summed E-state index contributed by atoms with van der Waals surface area (Å²) in [6, 6.07) is 7.16. The summed E-state index contributed by atoms with van der Waals surface area (Å²) < 4.78 is 0.550. The number of likely N-dealkylation sites (N-methyl/N-ethyl adjacent to an activating group) is 1. The average molecular weight is 589 g/mol. The van der Waals surface area contributed by atoms with Gasteiger partial charge in [-0.3, -0.25) is 14.4 Å². The Morgan fingerprint density at radius 2 is 1.12 bits per heavy atom. The third kappa shape index (κ3) is 31.3. The van der Waals surface area contributed by atoms with Crippen molar-refractivity contribution in [3.05, 3.63) is 35.9 Å². The second-order valence-electron chi connectivity index (χ2n) is 11.5. The van der Waals surface area contributed by atoms with Crippen LogP contribution in [0.15, 0.2) is 30.3 Å². The predicted octanol–water partition coefficient (Wildman–Crippen LogP) is -0.277. The van der Waals surface area contributed by atoms with E-state index in [0.717, 1.165) is 5.56 Å². The van der Waals surface area contributed by atoms with Crippen LogP contribution in [-0.2, 0) is 25.6 Å². The minimum absolute atomic E-state index is 0.282. The van der Waals surface area contributed by atoms with Gasteiger partial charge in [-0.05, 0) is 36.7 Å². The largest absolute Gasteiger partial charge is 0.550 e. The van der Waals surface area contributed by atoms with Gasteiger partial charge in [0, 0.05) is 12.4 Å². The number of hydrogen-bond donors (Lipinski definition) is 7. The number of carbonyl (C=O) groups excluding carboxylic acids is 1. The van der Waals surface area contributed by atoms with E-state index >= 15 is 0 Å². The second kappa shape index (κ2) is 22.6. The van der Waals surface area contributed by atoms with E-state index in [0.29, 0.717) is 42.1 Å². The number of aliphatic carboxylic acids is 4. The van der Waals surface area contributed by atoms with Crippen molar-refractivity contribution in [2.24, 2.45) is 29.0 Å². The van der Waals surface area contributed by atoms with Crippen molar-refractivity contribution in [1.82, 2.24) is 0 Å². The zero-order valence-corrected chi connectivity index (χ0v) is 25.4. The van der Waals surface area contributed by atoms with Crippen LogP contribution in [0.25, 0.3) is 0 Å². The summed E-state index contributed by atoms with van der Waals surface area (Å²) in [6.07, 6.45) is 0.399. The molecule has 0 radical (unpaired) electrons. The summed E-state index contributed by atoms with van der Waals surface area (Å²) in [4.78, 5) is 40.6. The summed E-state index contributed by atoms with van der Waals surface area (Å²) in [5.41, 5.74) is 16.7. The Bertz CT molecular complexity index is 849. The summed E-state index contributed by atoms with van der Waals surface area (Å²) in [5.74, 6) is -3.27. The Kier molecular flexibility index (Phi) is 23.3. The third-order valence-electron chi connectivity index (χ3n) is 4.86. The van der Waals surface area contributed by atoms with Crippen LogP contribution in [0.3, 0.4) is 0 Å². The van der Waals surface area contributed by atoms with Crippen LogP contribution in [0.5, 0.6) is 0 Å². The van der Waals surface area contributed by atoms with Crippen molar-refractivity contribution in [1.29, 1.82) is 0 Å². The quantitative estimate of drug-likeness (QED) is 0.147. The van der Waals surface area contributed by atoms with E-state index in [1.807, 2.05) is 79.2 Å².